The molecule has 14 nitrogen and oxygen atoms in total. The van der Waals surface area contributed by atoms with Crippen molar-refractivity contribution in [1.29, 1.82) is 0 Å². The van der Waals surface area contributed by atoms with Crippen molar-refractivity contribution in [2.75, 3.05) is 32.7 Å². The third-order valence-corrected chi connectivity index (χ3v) is 13.5. The van der Waals surface area contributed by atoms with E-state index in [1.807, 2.05) is 55.4 Å². The Hall–Kier alpha value is -2.75. The number of rotatable bonds is 14. The van der Waals surface area contributed by atoms with Gasteiger partial charge >= 0.3 is 6.03 Å². The number of hydrogen-bond donors (Lipinski definition) is 5. The van der Waals surface area contributed by atoms with Crippen molar-refractivity contribution in [3.05, 3.63) is 12.7 Å². The molecule has 0 radical (unpaired) electrons. The van der Waals surface area contributed by atoms with Crippen LogP contribution in [-0.4, -0.2) is 120 Å². The maximum Gasteiger partial charge on any atom is 0.315 e. The first-order valence-corrected chi connectivity index (χ1v) is 19.8. The van der Waals surface area contributed by atoms with Crippen LogP contribution in [0.25, 0.3) is 0 Å². The molecule has 2 saturated carbocycles. The average Bonchev–Trinajstić information content (AvgIpc) is 3.81. The Morgan fingerprint density at radius 3 is 2.12 bits per heavy atom. The first-order valence-electron chi connectivity index (χ1n) is 18.4. The van der Waals surface area contributed by atoms with Crippen LogP contribution in [0.4, 0.5) is 4.79 Å². The van der Waals surface area contributed by atoms with E-state index in [1.165, 1.54) is 14.7 Å². The van der Waals surface area contributed by atoms with Gasteiger partial charge < -0.3 is 31.3 Å². The second-order valence-electron chi connectivity index (χ2n) is 18.1. The van der Waals surface area contributed by atoms with Crippen LogP contribution in [0.2, 0.25) is 0 Å². The fourth-order valence-electron chi connectivity index (χ4n) is 7.71. The number of piperidine rings is 1. The van der Waals surface area contributed by atoms with E-state index in [9.17, 15) is 32.7 Å². The molecule has 4 fully saturated rings. The molecule has 2 saturated heterocycles. The Balaban J connectivity index is 1.52. The van der Waals surface area contributed by atoms with Crippen molar-refractivity contribution in [3.63, 3.8) is 0 Å². The molecule has 4 rings (SSSR count). The zero-order valence-corrected chi connectivity index (χ0v) is 33.1. The SMILES string of the molecule is C=CCNC(=O)C(O)C(CC1CC1)NC(=O)[C@@H]1[C@@H]2[C@H](CN1C(=O)[C@@H](NC(=O)N[C@H](CN1CCN(C(C)C)S1(=O)=O)C(C)(C)C)C(C)(C)C)C2(C)C. The fraction of sp³-hybridized carbons (Fsp3) is 0.833. The van der Waals surface area contributed by atoms with Crippen LogP contribution in [0.3, 0.4) is 0 Å². The number of likely N-dealkylation sites (tertiary alicyclic amines) is 1. The van der Waals surface area contributed by atoms with E-state index in [1.54, 1.807) is 4.90 Å². The molecule has 2 aliphatic carbocycles. The van der Waals surface area contributed by atoms with Gasteiger partial charge in [0.15, 0.2) is 6.10 Å². The van der Waals surface area contributed by atoms with E-state index in [0.29, 0.717) is 32.0 Å². The Bertz CT molecular complexity index is 1450. The van der Waals surface area contributed by atoms with Gasteiger partial charge in [-0.15, -0.1) is 6.58 Å². The number of fused-ring (bicyclic) bond motifs is 1. The minimum Gasteiger partial charge on any atom is -0.381 e. The van der Waals surface area contributed by atoms with Gasteiger partial charge in [-0.25, -0.2) is 4.79 Å². The van der Waals surface area contributed by atoms with Crippen molar-refractivity contribution < 1.29 is 32.7 Å². The van der Waals surface area contributed by atoms with Gasteiger partial charge in [0.05, 0.1) is 6.04 Å². The van der Waals surface area contributed by atoms with Gasteiger partial charge in [-0.2, -0.15) is 17.0 Å². The summed E-state index contributed by atoms with van der Waals surface area (Å²) in [5.74, 6) is -1.16. The standard InChI is InChI=1S/C36H63N7O7S/c1-12-15-37-31(46)28(44)24(18-22-13-14-22)38-30(45)27-26-23(36(26,10)11)19-42(27)32(47)29(35(7,8)9)40-33(48)39-25(34(4,5)6)20-41-16-17-43(21(2)3)51(41,49)50/h12,21-29,44H,1,13-20H2,2-11H3,(H,37,46)(H,38,45)(H2,39,40,48)/t23-,24?,25+,26-,27-,28?,29+/m0/s1. The van der Waals surface area contributed by atoms with Crippen LogP contribution in [0.15, 0.2) is 12.7 Å². The number of nitrogens with zero attached hydrogens (tertiary/aromatic N) is 3. The van der Waals surface area contributed by atoms with Gasteiger partial charge in [-0.3, -0.25) is 14.4 Å². The maximum absolute atomic E-state index is 14.5. The van der Waals surface area contributed by atoms with Crippen LogP contribution in [-0.2, 0) is 24.6 Å². The Morgan fingerprint density at radius 1 is 0.980 bits per heavy atom. The van der Waals surface area contributed by atoms with Gasteiger partial charge in [0, 0.05) is 44.8 Å². The molecule has 0 aromatic carbocycles. The van der Waals surface area contributed by atoms with Crippen LogP contribution in [0.5, 0.6) is 0 Å². The molecule has 7 atom stereocenters. The monoisotopic (exact) mass is 737 g/mol. The van der Waals surface area contributed by atoms with Crippen molar-refractivity contribution in [2.24, 2.45) is 34.0 Å². The van der Waals surface area contributed by atoms with Crippen molar-refractivity contribution in [1.82, 2.24) is 34.8 Å². The average molecular weight is 738 g/mol. The molecule has 0 spiro atoms. The summed E-state index contributed by atoms with van der Waals surface area (Å²) in [6.45, 7) is 24.0. The molecular weight excluding hydrogens is 675 g/mol. The van der Waals surface area contributed by atoms with Crippen LogP contribution in [0.1, 0.15) is 88.5 Å². The van der Waals surface area contributed by atoms with E-state index in [0.717, 1.165) is 12.8 Å². The molecule has 15 heteroatoms. The second kappa shape index (κ2) is 14.9. The summed E-state index contributed by atoms with van der Waals surface area (Å²) in [5.41, 5.74) is -1.46. The number of nitrogens with one attached hydrogen (secondary N) is 4. The number of carbonyl (C=O) groups is 4. The summed E-state index contributed by atoms with van der Waals surface area (Å²) in [4.78, 5) is 56.6. The molecule has 5 N–H and O–H groups in total. The Labute approximate surface area is 305 Å². The predicted octanol–water partition coefficient (Wildman–Crippen LogP) is 1.82. The highest BCUT2D eigenvalue weighted by Crippen LogP contribution is 2.65. The zero-order valence-electron chi connectivity index (χ0n) is 32.3. The molecule has 4 aliphatic rings. The van der Waals surface area contributed by atoms with Gasteiger partial charge in [0.2, 0.25) is 11.8 Å². The van der Waals surface area contributed by atoms with Crippen LogP contribution in [0, 0.1) is 34.0 Å². The second-order valence-corrected chi connectivity index (χ2v) is 19.9. The Morgan fingerprint density at radius 2 is 1.61 bits per heavy atom. The molecule has 0 aromatic heterocycles. The van der Waals surface area contributed by atoms with Crippen molar-refractivity contribution in [3.8, 4) is 0 Å². The number of amides is 5. The molecule has 0 bridgehead atoms. The van der Waals surface area contributed by atoms with E-state index in [4.69, 9.17) is 0 Å². The largest absolute Gasteiger partial charge is 0.381 e. The van der Waals surface area contributed by atoms with Crippen molar-refractivity contribution >= 4 is 34.0 Å². The fourth-order valence-corrected chi connectivity index (χ4v) is 9.50. The van der Waals surface area contributed by atoms with E-state index in [2.05, 4.69) is 41.7 Å². The summed E-state index contributed by atoms with van der Waals surface area (Å²) in [6, 6.07) is -4.05. The van der Waals surface area contributed by atoms with Gasteiger partial charge in [-0.05, 0) is 54.3 Å². The third kappa shape index (κ3) is 9.08. The van der Waals surface area contributed by atoms with Crippen molar-refractivity contribution in [2.45, 2.75) is 125 Å². The smallest absolute Gasteiger partial charge is 0.315 e. The molecule has 2 heterocycles. The van der Waals surface area contributed by atoms with E-state index >= 15 is 0 Å². The first-order chi connectivity index (χ1) is 23.4. The maximum atomic E-state index is 14.5. The van der Waals surface area contributed by atoms with Crippen LogP contribution < -0.4 is 21.3 Å². The number of hydrogen-bond acceptors (Lipinski definition) is 7. The Kier molecular flexibility index (Phi) is 12.0. The van der Waals surface area contributed by atoms with Gasteiger partial charge in [0.1, 0.15) is 12.1 Å². The summed E-state index contributed by atoms with van der Waals surface area (Å²) in [6.07, 6.45) is 2.41. The topological polar surface area (TPSA) is 180 Å². The molecular formula is C36H63N7O7S. The first kappa shape index (κ1) is 41.0. The molecule has 51 heavy (non-hydrogen) atoms. The zero-order chi connectivity index (χ0) is 38.4. The number of aliphatic hydroxyl groups is 1. The van der Waals surface area contributed by atoms with Gasteiger partial charge in [0.25, 0.3) is 16.1 Å². The van der Waals surface area contributed by atoms with E-state index < -0.39 is 75.1 Å². The third-order valence-electron chi connectivity index (χ3n) is 11.3. The van der Waals surface area contributed by atoms with E-state index in [-0.39, 0.29) is 36.4 Å². The molecule has 2 unspecified atom stereocenters. The summed E-state index contributed by atoms with van der Waals surface area (Å²) in [7, 11) is -3.69. The minimum absolute atomic E-state index is 0.0723. The highest BCUT2D eigenvalue weighted by molar-refractivity contribution is 7.87. The lowest BCUT2D eigenvalue weighted by atomic mass is 9.85. The molecule has 2 aliphatic heterocycles. The predicted molar refractivity (Wildman–Crippen MR) is 195 cm³/mol. The summed E-state index contributed by atoms with van der Waals surface area (Å²) < 4.78 is 29.3. The normalized spacial score (nSPS) is 26.8. The lowest BCUT2D eigenvalue weighted by molar-refractivity contribution is -0.144. The number of carbonyl (C=O) groups excluding carboxylic acids is 4. The molecule has 5 amide bonds. The highest BCUT2D eigenvalue weighted by Gasteiger charge is 2.70. The lowest BCUT2D eigenvalue weighted by Gasteiger charge is -2.39. The summed E-state index contributed by atoms with van der Waals surface area (Å²) >= 11 is 0. The quantitative estimate of drug-likeness (QED) is 0.169. The highest BCUT2D eigenvalue weighted by atomic mass is 32.2. The minimum atomic E-state index is -3.69. The summed E-state index contributed by atoms with van der Waals surface area (Å²) in [5, 5.41) is 22.4. The number of urea groups is 1. The van der Waals surface area contributed by atoms with Crippen LogP contribution >= 0.6 is 0 Å². The van der Waals surface area contributed by atoms with Gasteiger partial charge in [-0.1, -0.05) is 74.3 Å². The molecule has 0 aromatic rings. The number of aliphatic hydroxyl groups excluding tert-OH is 1. The molecule has 290 valence electrons. The lowest BCUT2D eigenvalue weighted by Crippen LogP contribution is -2.63.